The number of nitrogens with zero attached hydrogens (tertiary/aromatic N) is 1. The van der Waals surface area contributed by atoms with Gasteiger partial charge in [0.1, 0.15) is 17.9 Å². The molecule has 0 unspecified atom stereocenters. The summed E-state index contributed by atoms with van der Waals surface area (Å²) in [6.45, 7) is 9.35. The van der Waals surface area contributed by atoms with Crippen LogP contribution in [0.5, 0.6) is 5.75 Å². The van der Waals surface area contributed by atoms with E-state index in [9.17, 15) is 4.79 Å². The van der Waals surface area contributed by atoms with Crippen molar-refractivity contribution in [2.45, 2.75) is 40.0 Å². The van der Waals surface area contributed by atoms with Crippen molar-refractivity contribution in [2.24, 2.45) is 5.41 Å². The number of aromatic nitrogens is 1. The summed E-state index contributed by atoms with van der Waals surface area (Å²) < 4.78 is 5.84. The summed E-state index contributed by atoms with van der Waals surface area (Å²) >= 11 is 0. The third-order valence-electron chi connectivity index (χ3n) is 3.96. The van der Waals surface area contributed by atoms with E-state index in [-0.39, 0.29) is 11.3 Å². The zero-order chi connectivity index (χ0) is 18.8. The molecule has 1 aromatic heterocycles. The fraction of sp³-hybridized carbons (Fsp3) is 0.524. The average molecular weight is 357 g/mol. The lowest BCUT2D eigenvalue weighted by molar-refractivity contribution is -0.121. The Morgan fingerprint density at radius 1 is 1.12 bits per heavy atom. The molecule has 0 aliphatic heterocycles. The minimum atomic E-state index is 0.136. The maximum atomic E-state index is 11.7. The summed E-state index contributed by atoms with van der Waals surface area (Å²) in [5.41, 5.74) is 1.04. The smallest absolute Gasteiger partial charge is 0.220 e. The lowest BCUT2D eigenvalue weighted by atomic mass is 9.97. The highest BCUT2D eigenvalue weighted by atomic mass is 16.5. The van der Waals surface area contributed by atoms with Gasteiger partial charge in [0.2, 0.25) is 5.91 Å². The van der Waals surface area contributed by atoms with Crippen LogP contribution in [-0.4, -0.2) is 37.1 Å². The average Bonchev–Trinajstić information content (AvgIpc) is 2.61. The van der Waals surface area contributed by atoms with Crippen LogP contribution >= 0.6 is 0 Å². The number of para-hydroxylation sites is 1. The fourth-order valence-corrected chi connectivity index (χ4v) is 2.54. The number of pyridine rings is 1. The van der Waals surface area contributed by atoms with Gasteiger partial charge in [0.05, 0.1) is 0 Å². The molecule has 0 aliphatic carbocycles. The summed E-state index contributed by atoms with van der Waals surface area (Å²) in [5.74, 6) is 0.965. The van der Waals surface area contributed by atoms with Crippen LogP contribution in [0.15, 0.2) is 36.5 Å². The molecule has 2 rings (SSSR count). The van der Waals surface area contributed by atoms with Crippen LogP contribution in [0.1, 0.15) is 40.0 Å². The van der Waals surface area contributed by atoms with E-state index < -0.39 is 0 Å². The fourth-order valence-electron chi connectivity index (χ4n) is 2.54. The van der Waals surface area contributed by atoms with Crippen LogP contribution in [0.25, 0.3) is 10.9 Å². The topological polar surface area (TPSA) is 63.2 Å². The molecule has 1 aromatic carbocycles. The predicted octanol–water partition coefficient (Wildman–Crippen LogP) is 3.54. The number of ether oxygens (including phenoxy) is 1. The third kappa shape index (κ3) is 7.40. The van der Waals surface area contributed by atoms with Crippen LogP contribution < -0.4 is 15.4 Å². The first-order chi connectivity index (χ1) is 12.5. The van der Waals surface area contributed by atoms with Crippen LogP contribution in [0, 0.1) is 5.41 Å². The van der Waals surface area contributed by atoms with Gasteiger partial charge in [-0.3, -0.25) is 9.78 Å². The monoisotopic (exact) mass is 357 g/mol. The van der Waals surface area contributed by atoms with Gasteiger partial charge in [0.25, 0.3) is 0 Å². The van der Waals surface area contributed by atoms with Crippen molar-refractivity contribution < 1.29 is 9.53 Å². The minimum absolute atomic E-state index is 0.136. The van der Waals surface area contributed by atoms with Crippen LogP contribution in [0.3, 0.4) is 0 Å². The molecule has 0 bridgehead atoms. The Morgan fingerprint density at radius 3 is 2.73 bits per heavy atom. The predicted molar refractivity (Wildman–Crippen MR) is 106 cm³/mol. The number of rotatable bonds is 10. The van der Waals surface area contributed by atoms with Gasteiger partial charge in [-0.05, 0) is 36.9 Å². The van der Waals surface area contributed by atoms with E-state index in [0.717, 1.165) is 49.1 Å². The second kappa shape index (κ2) is 10.1. The van der Waals surface area contributed by atoms with Crippen LogP contribution in [0.2, 0.25) is 0 Å². The number of fused-ring (bicyclic) bond motifs is 1. The zero-order valence-corrected chi connectivity index (χ0v) is 16.2. The maximum Gasteiger partial charge on any atom is 0.220 e. The van der Waals surface area contributed by atoms with Gasteiger partial charge in [0, 0.05) is 31.1 Å². The second-order valence-corrected chi connectivity index (χ2v) is 7.72. The Kier molecular flexibility index (Phi) is 7.85. The number of hydrogen-bond acceptors (Lipinski definition) is 4. The van der Waals surface area contributed by atoms with Gasteiger partial charge in [-0.25, -0.2) is 0 Å². The summed E-state index contributed by atoms with van der Waals surface area (Å²) in [5, 5.41) is 7.42. The van der Waals surface area contributed by atoms with Gasteiger partial charge in [-0.1, -0.05) is 39.0 Å². The van der Waals surface area contributed by atoms with Gasteiger partial charge < -0.3 is 15.4 Å². The number of nitrogens with one attached hydrogen (secondary N) is 2. The molecular formula is C21H31N3O2. The molecule has 0 atom stereocenters. The molecule has 1 amide bonds. The largest absolute Gasteiger partial charge is 0.490 e. The summed E-state index contributed by atoms with van der Waals surface area (Å²) in [4.78, 5) is 16.1. The third-order valence-corrected chi connectivity index (χ3v) is 3.96. The zero-order valence-electron chi connectivity index (χ0n) is 16.2. The molecular weight excluding hydrogens is 326 g/mol. The molecule has 0 saturated carbocycles. The lowest BCUT2D eigenvalue weighted by Crippen LogP contribution is -2.32. The molecule has 0 saturated heterocycles. The number of carbonyl (C=O) groups excluding carboxylic acids is 1. The number of carbonyl (C=O) groups is 1. The Hall–Kier alpha value is -2.14. The molecule has 2 N–H and O–H groups in total. The van der Waals surface area contributed by atoms with E-state index in [1.54, 1.807) is 6.20 Å². The highest BCUT2D eigenvalue weighted by molar-refractivity contribution is 5.84. The summed E-state index contributed by atoms with van der Waals surface area (Å²) in [6.07, 6.45) is 4.26. The van der Waals surface area contributed by atoms with Crippen molar-refractivity contribution in [1.29, 1.82) is 0 Å². The molecule has 142 valence electrons. The Labute approximate surface area is 156 Å². The molecule has 26 heavy (non-hydrogen) atoms. The number of unbranched alkanes of at least 4 members (excludes halogenated alkanes) is 1. The van der Waals surface area contributed by atoms with Crippen LogP contribution in [0.4, 0.5) is 0 Å². The van der Waals surface area contributed by atoms with Gasteiger partial charge in [-0.15, -0.1) is 0 Å². The first-order valence-electron chi connectivity index (χ1n) is 9.40. The lowest BCUT2D eigenvalue weighted by Gasteiger charge is -2.18. The quantitative estimate of drug-likeness (QED) is 0.639. The van der Waals surface area contributed by atoms with Gasteiger partial charge in [-0.2, -0.15) is 0 Å². The van der Waals surface area contributed by atoms with E-state index >= 15 is 0 Å². The van der Waals surface area contributed by atoms with Crippen molar-refractivity contribution in [2.75, 3.05) is 26.2 Å². The molecule has 0 aliphatic rings. The normalized spacial score (nSPS) is 11.5. The van der Waals surface area contributed by atoms with E-state index in [4.69, 9.17) is 4.74 Å². The van der Waals surface area contributed by atoms with Crippen molar-refractivity contribution in [1.82, 2.24) is 15.6 Å². The first kappa shape index (κ1) is 20.2. The van der Waals surface area contributed by atoms with E-state index in [0.29, 0.717) is 13.0 Å². The van der Waals surface area contributed by atoms with E-state index in [1.807, 2.05) is 30.3 Å². The highest BCUT2D eigenvalue weighted by Gasteiger charge is 2.11. The number of benzene rings is 1. The minimum Gasteiger partial charge on any atom is -0.490 e. The first-order valence-corrected chi connectivity index (χ1v) is 9.40. The SMILES string of the molecule is CC(C)(C)CNC(=O)CCCCNCCOc1cccc2cccnc12. The Morgan fingerprint density at radius 2 is 1.92 bits per heavy atom. The van der Waals surface area contributed by atoms with Gasteiger partial charge in [0.15, 0.2) is 0 Å². The van der Waals surface area contributed by atoms with E-state index in [2.05, 4.69) is 36.4 Å². The molecule has 1 heterocycles. The summed E-state index contributed by atoms with van der Waals surface area (Å²) in [6, 6.07) is 9.93. The van der Waals surface area contributed by atoms with E-state index in [1.165, 1.54) is 0 Å². The molecule has 0 spiro atoms. The second-order valence-electron chi connectivity index (χ2n) is 7.72. The Bertz CT molecular complexity index is 690. The molecule has 5 nitrogen and oxygen atoms in total. The van der Waals surface area contributed by atoms with Crippen molar-refractivity contribution in [3.05, 3.63) is 36.5 Å². The molecule has 5 heteroatoms. The molecule has 0 fully saturated rings. The van der Waals surface area contributed by atoms with Crippen molar-refractivity contribution in [3.63, 3.8) is 0 Å². The molecule has 0 radical (unpaired) electrons. The summed E-state index contributed by atoms with van der Waals surface area (Å²) in [7, 11) is 0. The highest BCUT2D eigenvalue weighted by Crippen LogP contribution is 2.22. The van der Waals surface area contributed by atoms with Crippen LogP contribution in [-0.2, 0) is 4.79 Å². The number of amides is 1. The number of hydrogen-bond donors (Lipinski definition) is 2. The van der Waals surface area contributed by atoms with Crippen molar-refractivity contribution >= 4 is 16.8 Å². The standard InChI is InChI=1S/C21H31N3O2/c1-21(2,3)16-24-19(25)11-4-5-12-22-14-15-26-18-10-6-8-17-9-7-13-23-20(17)18/h6-10,13,22H,4-5,11-12,14-16H2,1-3H3,(H,24,25). The van der Waals surface area contributed by atoms with Crippen molar-refractivity contribution in [3.8, 4) is 5.75 Å². The molecule has 2 aromatic rings. The maximum absolute atomic E-state index is 11.7. The Balaban J connectivity index is 1.54. The van der Waals surface area contributed by atoms with Gasteiger partial charge >= 0.3 is 0 Å².